The van der Waals surface area contributed by atoms with E-state index in [9.17, 15) is 14.7 Å². The molecule has 7 heteroatoms. The monoisotopic (exact) mass is 477 g/mol. The van der Waals surface area contributed by atoms with Gasteiger partial charge in [-0.25, -0.2) is 0 Å². The lowest BCUT2D eigenvalue weighted by Crippen LogP contribution is -2.09. The number of phenols is 1. The van der Waals surface area contributed by atoms with Crippen LogP contribution in [-0.4, -0.2) is 35.2 Å². The summed E-state index contributed by atoms with van der Waals surface area (Å²) >= 11 is 0. The average Bonchev–Trinajstić information content (AvgIpc) is 2.82. The topological polar surface area (TPSA) is 119 Å². The number of nitrogens with two attached hydrogens (primary N) is 1. The van der Waals surface area contributed by atoms with Crippen LogP contribution in [0.5, 0.6) is 17.2 Å². The molecule has 0 unspecified atom stereocenters. The van der Waals surface area contributed by atoms with Crippen LogP contribution in [0.2, 0.25) is 0 Å². The van der Waals surface area contributed by atoms with Gasteiger partial charge < -0.3 is 25.4 Å². The summed E-state index contributed by atoms with van der Waals surface area (Å²) in [6.45, 7) is 4.92. The summed E-state index contributed by atoms with van der Waals surface area (Å²) in [4.78, 5) is 24.2. The number of ether oxygens (including phenoxy) is 2. The van der Waals surface area contributed by atoms with Crippen molar-refractivity contribution in [1.82, 2.24) is 0 Å². The molecule has 35 heavy (non-hydrogen) atoms. The van der Waals surface area contributed by atoms with Crippen molar-refractivity contribution in [3.05, 3.63) is 82.9 Å². The number of carboxylic acid groups (broad SMARTS) is 1. The molecule has 0 bridgehead atoms. The van der Waals surface area contributed by atoms with Gasteiger partial charge in [0.05, 0.1) is 18.8 Å². The molecule has 0 amide bonds. The van der Waals surface area contributed by atoms with Crippen LogP contribution in [0.4, 0.5) is 5.69 Å². The van der Waals surface area contributed by atoms with Gasteiger partial charge >= 0.3 is 5.97 Å². The number of rotatable bonds is 12. The van der Waals surface area contributed by atoms with E-state index >= 15 is 0 Å². The SMILES string of the molecule is CC(C)COc1ccc(C(=O)c2ccc(OCCc3ccc(N)cc3)cc2O)cc1CCC(=O)O. The Kier molecular flexibility index (Phi) is 8.73. The first kappa shape index (κ1) is 25.6. The van der Waals surface area contributed by atoms with E-state index in [1.54, 1.807) is 24.3 Å². The first-order valence-corrected chi connectivity index (χ1v) is 11.6. The van der Waals surface area contributed by atoms with E-state index in [0.717, 1.165) is 5.56 Å². The number of carbonyl (C=O) groups excluding carboxylic acids is 1. The molecule has 0 aliphatic rings. The summed E-state index contributed by atoms with van der Waals surface area (Å²) in [5, 5.41) is 19.6. The zero-order valence-corrected chi connectivity index (χ0v) is 20.0. The Morgan fingerprint density at radius 2 is 1.69 bits per heavy atom. The lowest BCUT2D eigenvalue weighted by atomic mass is 9.98. The van der Waals surface area contributed by atoms with Crippen molar-refractivity contribution in [2.24, 2.45) is 5.92 Å². The fourth-order valence-corrected chi connectivity index (χ4v) is 3.47. The van der Waals surface area contributed by atoms with Gasteiger partial charge in [0.25, 0.3) is 0 Å². The molecule has 3 aromatic rings. The number of hydrogen-bond acceptors (Lipinski definition) is 6. The van der Waals surface area contributed by atoms with Crippen molar-refractivity contribution in [3.8, 4) is 17.2 Å². The number of aryl methyl sites for hydroxylation is 1. The molecule has 0 radical (unpaired) electrons. The molecule has 0 saturated carbocycles. The van der Waals surface area contributed by atoms with E-state index in [0.29, 0.717) is 53.9 Å². The summed E-state index contributed by atoms with van der Waals surface area (Å²) in [6, 6.07) is 17.0. The highest BCUT2D eigenvalue weighted by atomic mass is 16.5. The second-order valence-corrected chi connectivity index (χ2v) is 8.77. The molecule has 0 aromatic heterocycles. The number of aliphatic carboxylic acids is 1. The van der Waals surface area contributed by atoms with Crippen molar-refractivity contribution in [3.63, 3.8) is 0 Å². The molecule has 184 valence electrons. The van der Waals surface area contributed by atoms with Crippen LogP contribution in [0.3, 0.4) is 0 Å². The van der Waals surface area contributed by atoms with E-state index < -0.39 is 5.97 Å². The Morgan fingerprint density at radius 3 is 2.34 bits per heavy atom. The highest BCUT2D eigenvalue weighted by Gasteiger charge is 2.17. The maximum Gasteiger partial charge on any atom is 0.303 e. The minimum atomic E-state index is -0.929. The van der Waals surface area contributed by atoms with Gasteiger partial charge in [-0.15, -0.1) is 0 Å². The summed E-state index contributed by atoms with van der Waals surface area (Å²) in [7, 11) is 0. The van der Waals surface area contributed by atoms with Crippen LogP contribution in [0.1, 0.15) is 47.3 Å². The number of carboxylic acids is 1. The molecule has 0 aliphatic heterocycles. The van der Waals surface area contributed by atoms with E-state index in [1.165, 1.54) is 12.1 Å². The highest BCUT2D eigenvalue weighted by molar-refractivity contribution is 6.11. The minimum Gasteiger partial charge on any atom is -0.507 e. The van der Waals surface area contributed by atoms with Gasteiger partial charge in [0.15, 0.2) is 5.78 Å². The molecule has 7 nitrogen and oxygen atoms in total. The van der Waals surface area contributed by atoms with Gasteiger partial charge in [-0.1, -0.05) is 26.0 Å². The van der Waals surface area contributed by atoms with E-state index in [1.807, 2.05) is 38.1 Å². The van der Waals surface area contributed by atoms with Crippen LogP contribution in [-0.2, 0) is 17.6 Å². The third kappa shape index (κ3) is 7.50. The maximum atomic E-state index is 13.1. The van der Waals surface area contributed by atoms with Gasteiger partial charge in [-0.2, -0.15) is 0 Å². The van der Waals surface area contributed by atoms with Crippen LogP contribution >= 0.6 is 0 Å². The molecule has 3 rings (SSSR count). The Labute approximate surface area is 205 Å². The largest absolute Gasteiger partial charge is 0.507 e. The van der Waals surface area contributed by atoms with Crippen molar-refractivity contribution in [2.45, 2.75) is 33.1 Å². The fraction of sp³-hybridized carbons (Fsp3) is 0.286. The molecule has 4 N–H and O–H groups in total. The standard InChI is InChI=1S/C28H31NO6/c1-18(2)17-35-26-11-5-21(15-20(26)6-12-27(31)32)28(33)24-10-9-23(16-25(24)30)34-14-13-19-3-7-22(29)8-4-19/h3-5,7-11,15-16,18,30H,6,12-14,17,29H2,1-2H3,(H,31,32). The number of carbonyl (C=O) groups is 2. The summed E-state index contributed by atoms with van der Waals surface area (Å²) in [5.41, 5.74) is 8.59. The molecule has 0 heterocycles. The second-order valence-electron chi connectivity index (χ2n) is 8.77. The summed E-state index contributed by atoms with van der Waals surface area (Å²) < 4.78 is 11.5. The molecular weight excluding hydrogens is 446 g/mol. The van der Waals surface area contributed by atoms with Crippen LogP contribution < -0.4 is 15.2 Å². The lowest BCUT2D eigenvalue weighted by Gasteiger charge is -2.14. The second kappa shape index (κ2) is 11.9. The molecule has 0 atom stereocenters. The van der Waals surface area contributed by atoms with Gasteiger partial charge in [-0.05, 0) is 65.9 Å². The quantitative estimate of drug-likeness (QED) is 0.251. The molecule has 0 fully saturated rings. The molecule has 3 aromatic carbocycles. The smallest absolute Gasteiger partial charge is 0.303 e. The van der Waals surface area contributed by atoms with Gasteiger partial charge in [0, 0.05) is 30.2 Å². The zero-order chi connectivity index (χ0) is 25.4. The van der Waals surface area contributed by atoms with Gasteiger partial charge in [0.1, 0.15) is 17.2 Å². The predicted molar refractivity (Wildman–Crippen MR) is 134 cm³/mol. The van der Waals surface area contributed by atoms with Crippen molar-refractivity contribution < 1.29 is 29.3 Å². The number of nitrogen functional groups attached to an aromatic ring is 1. The maximum absolute atomic E-state index is 13.1. The Balaban J connectivity index is 1.71. The zero-order valence-electron chi connectivity index (χ0n) is 20.0. The first-order chi connectivity index (χ1) is 16.7. The Morgan fingerprint density at radius 1 is 0.943 bits per heavy atom. The van der Waals surface area contributed by atoms with Crippen LogP contribution in [0.25, 0.3) is 0 Å². The predicted octanol–water partition coefficient (Wildman–Crippen LogP) is 4.88. The molecular formula is C28H31NO6. The number of anilines is 1. The van der Waals surface area contributed by atoms with E-state index in [-0.39, 0.29) is 29.9 Å². The van der Waals surface area contributed by atoms with Crippen LogP contribution in [0.15, 0.2) is 60.7 Å². The number of aromatic hydroxyl groups is 1. The molecule has 0 aliphatic carbocycles. The Hall–Kier alpha value is -4.00. The third-order valence-corrected chi connectivity index (χ3v) is 5.36. The van der Waals surface area contributed by atoms with Gasteiger partial charge in [-0.3, -0.25) is 9.59 Å². The summed E-state index contributed by atoms with van der Waals surface area (Å²) in [6.07, 6.45) is 0.825. The molecule has 0 saturated heterocycles. The molecule has 0 spiro atoms. The lowest BCUT2D eigenvalue weighted by molar-refractivity contribution is -0.136. The third-order valence-electron chi connectivity index (χ3n) is 5.36. The first-order valence-electron chi connectivity index (χ1n) is 11.6. The number of phenolic OH excluding ortho intramolecular Hbond substituents is 1. The average molecular weight is 478 g/mol. The van der Waals surface area contributed by atoms with E-state index in [2.05, 4.69) is 0 Å². The van der Waals surface area contributed by atoms with Crippen molar-refractivity contribution >= 4 is 17.4 Å². The highest BCUT2D eigenvalue weighted by Crippen LogP contribution is 2.29. The number of benzene rings is 3. The Bertz CT molecular complexity index is 1170. The van der Waals surface area contributed by atoms with Gasteiger partial charge in [0.2, 0.25) is 0 Å². The van der Waals surface area contributed by atoms with Crippen molar-refractivity contribution in [1.29, 1.82) is 0 Å². The fourth-order valence-electron chi connectivity index (χ4n) is 3.47. The number of ketones is 1. The normalized spacial score (nSPS) is 10.8. The van der Waals surface area contributed by atoms with Crippen LogP contribution in [0, 0.1) is 5.92 Å². The van der Waals surface area contributed by atoms with Crippen molar-refractivity contribution in [2.75, 3.05) is 18.9 Å². The van der Waals surface area contributed by atoms with E-state index in [4.69, 9.17) is 20.3 Å². The number of hydrogen-bond donors (Lipinski definition) is 3. The summed E-state index contributed by atoms with van der Waals surface area (Å²) in [5.74, 6) is -0.177. The minimum absolute atomic E-state index is 0.0800.